The lowest BCUT2D eigenvalue weighted by Gasteiger charge is -2.15. The number of rotatable bonds is 4. The van der Waals surface area contributed by atoms with Crippen LogP contribution in [0.2, 0.25) is 0 Å². The summed E-state index contributed by atoms with van der Waals surface area (Å²) < 4.78 is 7.84. The van der Waals surface area contributed by atoms with Gasteiger partial charge in [-0.05, 0) is 60.9 Å². The van der Waals surface area contributed by atoms with Crippen LogP contribution in [0, 0.1) is 0 Å². The summed E-state index contributed by atoms with van der Waals surface area (Å²) in [6, 6.07) is 9.81. The quantitative estimate of drug-likeness (QED) is 0.933. The first kappa shape index (κ1) is 14.0. The lowest BCUT2D eigenvalue weighted by atomic mass is 10.0. The van der Waals surface area contributed by atoms with E-state index in [0.29, 0.717) is 6.04 Å². The second-order valence-electron chi connectivity index (χ2n) is 6.42. The molecule has 3 nitrogen and oxygen atoms in total. The third-order valence-electron chi connectivity index (χ3n) is 4.99. The van der Waals surface area contributed by atoms with Crippen molar-refractivity contribution < 1.29 is 4.74 Å². The van der Waals surface area contributed by atoms with Gasteiger partial charge >= 0.3 is 0 Å². The molecule has 2 aliphatic rings. The Morgan fingerprint density at radius 3 is 3.09 bits per heavy atom. The summed E-state index contributed by atoms with van der Waals surface area (Å²) in [7, 11) is 0. The van der Waals surface area contributed by atoms with Crippen molar-refractivity contribution in [3.05, 3.63) is 42.1 Å². The summed E-state index contributed by atoms with van der Waals surface area (Å²) in [5.41, 5.74) is 4.15. The number of hydrogen-bond donors (Lipinski definition) is 1. The molecule has 1 saturated heterocycles. The van der Waals surface area contributed by atoms with Crippen molar-refractivity contribution in [3.63, 3.8) is 0 Å². The van der Waals surface area contributed by atoms with Crippen LogP contribution >= 0.6 is 0 Å². The molecule has 1 atom stereocenters. The maximum Gasteiger partial charge on any atom is 0.0653 e. The van der Waals surface area contributed by atoms with E-state index in [1.807, 2.05) is 0 Å². The number of nitrogens with zero attached hydrogens (tertiary/aromatic N) is 1. The average molecular weight is 296 g/mol. The van der Waals surface area contributed by atoms with Gasteiger partial charge in [0.1, 0.15) is 0 Å². The fraction of sp³-hybridized carbons (Fsp3) is 0.474. The lowest BCUT2D eigenvalue weighted by Crippen LogP contribution is -2.22. The normalized spacial score (nSPS) is 22.2. The van der Waals surface area contributed by atoms with Gasteiger partial charge in [0.15, 0.2) is 0 Å². The predicted molar refractivity (Wildman–Crippen MR) is 91.0 cm³/mol. The van der Waals surface area contributed by atoms with E-state index < -0.39 is 0 Å². The van der Waals surface area contributed by atoms with E-state index in [1.54, 1.807) is 0 Å². The van der Waals surface area contributed by atoms with Crippen LogP contribution in [0.25, 0.3) is 16.5 Å². The van der Waals surface area contributed by atoms with E-state index in [4.69, 9.17) is 4.74 Å². The molecule has 1 fully saturated rings. The Kier molecular flexibility index (Phi) is 4.00. The van der Waals surface area contributed by atoms with Gasteiger partial charge in [-0.2, -0.15) is 0 Å². The van der Waals surface area contributed by atoms with Gasteiger partial charge < -0.3 is 14.6 Å². The molecule has 0 aliphatic carbocycles. The lowest BCUT2D eigenvalue weighted by molar-refractivity contribution is 0.161. The van der Waals surface area contributed by atoms with Gasteiger partial charge in [0.05, 0.1) is 13.2 Å². The van der Waals surface area contributed by atoms with Gasteiger partial charge in [-0.3, -0.25) is 0 Å². The Bertz CT molecular complexity index is 680. The fourth-order valence-corrected chi connectivity index (χ4v) is 3.67. The van der Waals surface area contributed by atoms with Crippen molar-refractivity contribution in [1.82, 2.24) is 9.88 Å². The van der Waals surface area contributed by atoms with Crippen molar-refractivity contribution in [2.45, 2.75) is 38.3 Å². The van der Waals surface area contributed by atoms with Crippen LogP contribution in [0.4, 0.5) is 0 Å². The maximum atomic E-state index is 5.42. The first-order valence-electron chi connectivity index (χ1n) is 8.49. The molecule has 1 N–H and O–H groups in total. The van der Waals surface area contributed by atoms with Crippen molar-refractivity contribution >= 4 is 16.5 Å². The Morgan fingerprint density at radius 2 is 2.27 bits per heavy atom. The minimum Gasteiger partial charge on any atom is -0.377 e. The molecule has 0 spiro atoms. The Balaban J connectivity index is 1.57. The average Bonchev–Trinajstić information content (AvgIpc) is 3.23. The first-order valence-corrected chi connectivity index (χ1v) is 8.49. The molecule has 0 radical (unpaired) electrons. The highest BCUT2D eigenvalue weighted by atomic mass is 16.5. The van der Waals surface area contributed by atoms with Gasteiger partial charge in [-0.15, -0.1) is 0 Å². The van der Waals surface area contributed by atoms with Crippen molar-refractivity contribution in [1.29, 1.82) is 0 Å². The summed E-state index contributed by atoms with van der Waals surface area (Å²) in [6.07, 6.45) is 9.37. The molecule has 3 heterocycles. The number of nitrogens with one attached hydrogen (secondary N) is 1. The van der Waals surface area contributed by atoms with Crippen LogP contribution in [0.15, 0.2) is 36.5 Å². The molecule has 1 aromatic carbocycles. The molecule has 2 aliphatic heterocycles. The van der Waals surface area contributed by atoms with Crippen LogP contribution in [-0.2, 0) is 11.3 Å². The summed E-state index contributed by atoms with van der Waals surface area (Å²) in [5, 5.41) is 4.94. The molecule has 4 rings (SSSR count). The van der Waals surface area contributed by atoms with Gasteiger partial charge in [-0.25, -0.2) is 0 Å². The number of hydrogen-bond acceptors (Lipinski definition) is 2. The summed E-state index contributed by atoms with van der Waals surface area (Å²) in [5.74, 6) is 0. The minimum absolute atomic E-state index is 0.707. The van der Waals surface area contributed by atoms with Crippen molar-refractivity contribution in [2.75, 3.05) is 19.8 Å². The van der Waals surface area contributed by atoms with Crippen LogP contribution < -0.4 is 5.32 Å². The van der Waals surface area contributed by atoms with E-state index in [9.17, 15) is 0 Å². The van der Waals surface area contributed by atoms with E-state index in [0.717, 1.165) is 26.2 Å². The Labute approximate surface area is 132 Å². The summed E-state index contributed by atoms with van der Waals surface area (Å²) in [4.78, 5) is 0. The molecule has 2 aromatic rings. The number of ether oxygens (including phenoxy) is 1. The molecule has 3 heteroatoms. The zero-order valence-corrected chi connectivity index (χ0v) is 13.1. The second-order valence-corrected chi connectivity index (χ2v) is 6.42. The van der Waals surface area contributed by atoms with Gasteiger partial charge in [-0.1, -0.05) is 18.2 Å². The van der Waals surface area contributed by atoms with Crippen molar-refractivity contribution in [3.8, 4) is 0 Å². The number of aromatic nitrogens is 1. The highest BCUT2D eigenvalue weighted by molar-refractivity contribution is 5.84. The van der Waals surface area contributed by atoms with Gasteiger partial charge in [0.25, 0.3) is 0 Å². The van der Waals surface area contributed by atoms with Crippen molar-refractivity contribution in [2.24, 2.45) is 0 Å². The van der Waals surface area contributed by atoms with Crippen LogP contribution in [0.3, 0.4) is 0 Å². The molecule has 22 heavy (non-hydrogen) atoms. The Hall–Kier alpha value is -1.58. The monoisotopic (exact) mass is 296 g/mol. The second kappa shape index (κ2) is 6.27. The number of aryl methyl sites for hydroxylation is 1. The topological polar surface area (TPSA) is 26.2 Å². The summed E-state index contributed by atoms with van der Waals surface area (Å²) in [6.45, 7) is 3.89. The number of benzene rings is 1. The van der Waals surface area contributed by atoms with Crippen LogP contribution in [0.1, 0.15) is 31.2 Å². The Morgan fingerprint density at radius 1 is 1.27 bits per heavy atom. The number of fused-ring (bicyclic) bond motifs is 1. The van der Waals surface area contributed by atoms with Gasteiger partial charge in [0.2, 0.25) is 0 Å². The standard InChI is InChI=1S/C19H24N2O/c1-2-18(20-9-1)6-11-21-10-5-16-3-4-17(14-19(16)21)15-7-12-22-13-8-15/h3-5,7,10,14,18,20H,1-2,6,8-9,11-13H2. The van der Waals surface area contributed by atoms with E-state index in [1.165, 1.54) is 47.8 Å². The molecule has 116 valence electrons. The minimum atomic E-state index is 0.707. The molecule has 1 unspecified atom stereocenters. The van der Waals surface area contributed by atoms with Crippen LogP contribution in [-0.4, -0.2) is 30.4 Å². The largest absolute Gasteiger partial charge is 0.377 e. The van der Waals surface area contributed by atoms with E-state index >= 15 is 0 Å². The summed E-state index contributed by atoms with van der Waals surface area (Å²) >= 11 is 0. The molecule has 1 aromatic heterocycles. The highest BCUT2D eigenvalue weighted by Gasteiger charge is 2.14. The van der Waals surface area contributed by atoms with Crippen LogP contribution in [0.5, 0.6) is 0 Å². The smallest absolute Gasteiger partial charge is 0.0653 e. The van der Waals surface area contributed by atoms with E-state index in [-0.39, 0.29) is 0 Å². The molecular weight excluding hydrogens is 272 g/mol. The van der Waals surface area contributed by atoms with Gasteiger partial charge in [0, 0.05) is 24.3 Å². The third-order valence-corrected chi connectivity index (χ3v) is 4.99. The first-order chi connectivity index (χ1) is 10.9. The SMILES string of the molecule is C1=C(c2ccc3ccn(CCC4CCCN4)c3c2)CCOC1. The predicted octanol–water partition coefficient (Wildman–Crippen LogP) is 3.59. The maximum absolute atomic E-state index is 5.42. The fourth-order valence-electron chi connectivity index (χ4n) is 3.67. The third kappa shape index (κ3) is 2.83. The highest BCUT2D eigenvalue weighted by Crippen LogP contribution is 2.26. The zero-order chi connectivity index (χ0) is 14.8. The molecule has 0 bridgehead atoms. The molecular formula is C19H24N2O. The molecule has 0 saturated carbocycles. The van der Waals surface area contributed by atoms with E-state index in [2.05, 4.69) is 46.4 Å². The zero-order valence-electron chi connectivity index (χ0n) is 13.1. The molecule has 0 amide bonds.